The number of anilines is 2. The number of halogens is 1. The van der Waals surface area contributed by atoms with Gasteiger partial charge in [-0.15, -0.1) is 0 Å². The second-order valence-electron chi connectivity index (χ2n) is 5.96. The molecule has 1 heterocycles. The molecule has 0 fully saturated rings. The molecule has 0 aliphatic carbocycles. The van der Waals surface area contributed by atoms with Gasteiger partial charge < -0.3 is 10.6 Å². The lowest BCUT2D eigenvalue weighted by Gasteiger charge is -2.10. The first kappa shape index (κ1) is 18.0. The Hall–Kier alpha value is -2.85. The first-order valence-electron chi connectivity index (χ1n) is 8.44. The molecular weight excluding hydrogens is 346 g/mol. The normalized spacial score (nSPS) is 10.4. The van der Waals surface area contributed by atoms with Gasteiger partial charge in [0, 0.05) is 29.1 Å². The first-order chi connectivity index (χ1) is 12.6. The van der Waals surface area contributed by atoms with Gasteiger partial charge in [-0.3, -0.25) is 9.78 Å². The Morgan fingerprint density at radius 3 is 2.69 bits per heavy atom. The molecule has 2 N–H and O–H groups in total. The number of benzene rings is 2. The van der Waals surface area contributed by atoms with Crippen LogP contribution in [0.2, 0.25) is 5.02 Å². The van der Waals surface area contributed by atoms with Crippen LogP contribution in [0, 0.1) is 6.92 Å². The van der Waals surface area contributed by atoms with E-state index in [1.165, 1.54) is 5.56 Å². The number of pyridine rings is 1. The molecule has 0 saturated heterocycles. The molecule has 26 heavy (non-hydrogen) atoms. The Kier molecular flexibility index (Phi) is 5.87. The lowest BCUT2D eigenvalue weighted by molar-refractivity contribution is 0.102. The smallest absolute Gasteiger partial charge is 0.274 e. The topological polar surface area (TPSA) is 54.0 Å². The maximum absolute atomic E-state index is 12.5. The van der Waals surface area contributed by atoms with Crippen molar-refractivity contribution in [3.05, 3.63) is 88.7 Å². The molecule has 0 aliphatic heterocycles. The number of nitrogens with one attached hydrogen (secondary N) is 2. The SMILES string of the molecule is Cc1c(Cl)cccc1NC(=O)c1cc(NCCc2ccccc2)ccn1. The Morgan fingerprint density at radius 2 is 1.88 bits per heavy atom. The summed E-state index contributed by atoms with van der Waals surface area (Å²) in [5.74, 6) is -0.262. The third-order valence-electron chi connectivity index (χ3n) is 4.09. The van der Waals surface area contributed by atoms with Gasteiger partial charge in [-0.05, 0) is 48.7 Å². The van der Waals surface area contributed by atoms with Crippen LogP contribution in [0.15, 0.2) is 66.9 Å². The molecule has 5 heteroatoms. The minimum Gasteiger partial charge on any atom is -0.385 e. The third-order valence-corrected chi connectivity index (χ3v) is 4.50. The fraction of sp³-hybridized carbons (Fsp3) is 0.143. The highest BCUT2D eigenvalue weighted by Crippen LogP contribution is 2.23. The molecule has 0 bridgehead atoms. The molecule has 0 aliphatic rings. The average Bonchev–Trinajstić information content (AvgIpc) is 2.66. The maximum Gasteiger partial charge on any atom is 0.274 e. The number of amides is 1. The first-order valence-corrected chi connectivity index (χ1v) is 8.81. The summed E-state index contributed by atoms with van der Waals surface area (Å²) >= 11 is 6.10. The summed E-state index contributed by atoms with van der Waals surface area (Å²) < 4.78 is 0. The van der Waals surface area contributed by atoms with Crippen molar-refractivity contribution < 1.29 is 4.79 Å². The number of aromatic nitrogens is 1. The Bertz CT molecular complexity index is 897. The molecule has 0 spiro atoms. The lowest BCUT2D eigenvalue weighted by Crippen LogP contribution is -2.15. The molecule has 4 nitrogen and oxygen atoms in total. The number of rotatable bonds is 6. The van der Waals surface area contributed by atoms with Gasteiger partial charge in [0.1, 0.15) is 5.69 Å². The van der Waals surface area contributed by atoms with Gasteiger partial charge in [0.25, 0.3) is 5.91 Å². The number of hydrogen-bond acceptors (Lipinski definition) is 3. The van der Waals surface area contributed by atoms with Crippen LogP contribution in [0.3, 0.4) is 0 Å². The van der Waals surface area contributed by atoms with Gasteiger partial charge in [0.15, 0.2) is 0 Å². The summed E-state index contributed by atoms with van der Waals surface area (Å²) in [7, 11) is 0. The molecule has 0 saturated carbocycles. The average molecular weight is 366 g/mol. The van der Waals surface area contributed by atoms with Gasteiger partial charge in [0.2, 0.25) is 0 Å². The van der Waals surface area contributed by atoms with E-state index >= 15 is 0 Å². The fourth-order valence-electron chi connectivity index (χ4n) is 2.59. The molecule has 0 unspecified atom stereocenters. The van der Waals surface area contributed by atoms with E-state index in [1.54, 1.807) is 24.4 Å². The highest BCUT2D eigenvalue weighted by atomic mass is 35.5. The van der Waals surface area contributed by atoms with Crippen LogP contribution in [0.5, 0.6) is 0 Å². The van der Waals surface area contributed by atoms with Gasteiger partial charge >= 0.3 is 0 Å². The van der Waals surface area contributed by atoms with E-state index in [0.29, 0.717) is 16.4 Å². The van der Waals surface area contributed by atoms with Crippen molar-refractivity contribution in [3.63, 3.8) is 0 Å². The molecule has 3 rings (SSSR count). The number of nitrogens with zero attached hydrogens (tertiary/aromatic N) is 1. The van der Waals surface area contributed by atoms with Gasteiger partial charge in [-0.2, -0.15) is 0 Å². The van der Waals surface area contributed by atoms with Crippen LogP contribution in [0.1, 0.15) is 21.6 Å². The van der Waals surface area contributed by atoms with Crippen molar-refractivity contribution in [1.29, 1.82) is 0 Å². The molecule has 2 aromatic carbocycles. The van der Waals surface area contributed by atoms with Crippen molar-refractivity contribution in [2.45, 2.75) is 13.3 Å². The highest BCUT2D eigenvalue weighted by molar-refractivity contribution is 6.31. The predicted octanol–water partition coefficient (Wildman–Crippen LogP) is 4.95. The second-order valence-corrected chi connectivity index (χ2v) is 6.37. The van der Waals surface area contributed by atoms with Crippen molar-refractivity contribution in [3.8, 4) is 0 Å². The van der Waals surface area contributed by atoms with Gasteiger partial charge in [-0.1, -0.05) is 48.0 Å². The minimum atomic E-state index is -0.262. The quantitative estimate of drug-likeness (QED) is 0.649. The number of carbonyl (C=O) groups excluding carboxylic acids is 1. The van der Waals surface area contributed by atoms with E-state index in [4.69, 9.17) is 11.6 Å². The van der Waals surface area contributed by atoms with Crippen molar-refractivity contribution >= 4 is 28.9 Å². The zero-order chi connectivity index (χ0) is 18.4. The standard InChI is InChI=1S/C21H20ClN3O/c1-15-18(22)8-5-9-19(15)25-21(26)20-14-17(11-13-24-20)23-12-10-16-6-3-2-4-7-16/h2-9,11,13-14H,10,12H2,1H3,(H,23,24)(H,25,26). The summed E-state index contributed by atoms with van der Waals surface area (Å²) in [5, 5.41) is 6.81. The second kappa shape index (κ2) is 8.50. The van der Waals surface area contributed by atoms with Crippen molar-refractivity contribution in [2.24, 2.45) is 0 Å². The van der Waals surface area contributed by atoms with E-state index in [9.17, 15) is 4.79 Å². The Labute approximate surface area is 158 Å². The maximum atomic E-state index is 12.5. The van der Waals surface area contributed by atoms with Crippen LogP contribution in [0.4, 0.5) is 11.4 Å². The fourth-order valence-corrected chi connectivity index (χ4v) is 2.76. The van der Waals surface area contributed by atoms with E-state index in [2.05, 4.69) is 27.8 Å². The molecule has 3 aromatic rings. The van der Waals surface area contributed by atoms with E-state index in [0.717, 1.165) is 24.2 Å². The minimum absolute atomic E-state index is 0.262. The van der Waals surface area contributed by atoms with Gasteiger partial charge in [-0.25, -0.2) is 0 Å². The largest absolute Gasteiger partial charge is 0.385 e. The van der Waals surface area contributed by atoms with E-state index in [-0.39, 0.29) is 5.91 Å². The number of carbonyl (C=O) groups is 1. The summed E-state index contributed by atoms with van der Waals surface area (Å²) in [6.07, 6.45) is 2.54. The zero-order valence-corrected chi connectivity index (χ0v) is 15.3. The molecule has 1 aromatic heterocycles. The molecule has 0 radical (unpaired) electrons. The van der Waals surface area contributed by atoms with Crippen LogP contribution in [-0.2, 0) is 6.42 Å². The Balaban J connectivity index is 1.63. The van der Waals surface area contributed by atoms with Crippen molar-refractivity contribution in [2.75, 3.05) is 17.2 Å². The summed E-state index contributed by atoms with van der Waals surface area (Å²) in [6.45, 7) is 2.65. The zero-order valence-electron chi connectivity index (χ0n) is 14.5. The summed E-state index contributed by atoms with van der Waals surface area (Å²) in [4.78, 5) is 16.6. The van der Waals surface area contributed by atoms with Crippen LogP contribution >= 0.6 is 11.6 Å². The van der Waals surface area contributed by atoms with E-state index in [1.807, 2.05) is 37.3 Å². The van der Waals surface area contributed by atoms with Gasteiger partial charge in [0.05, 0.1) is 0 Å². The van der Waals surface area contributed by atoms with Crippen molar-refractivity contribution in [1.82, 2.24) is 4.98 Å². The molecule has 132 valence electrons. The van der Waals surface area contributed by atoms with Crippen LogP contribution in [-0.4, -0.2) is 17.4 Å². The number of hydrogen-bond donors (Lipinski definition) is 2. The molecule has 1 amide bonds. The third kappa shape index (κ3) is 4.61. The Morgan fingerprint density at radius 1 is 1.08 bits per heavy atom. The van der Waals surface area contributed by atoms with Crippen LogP contribution < -0.4 is 10.6 Å². The molecular formula is C21H20ClN3O. The predicted molar refractivity (Wildman–Crippen MR) is 107 cm³/mol. The highest BCUT2D eigenvalue weighted by Gasteiger charge is 2.11. The summed E-state index contributed by atoms with van der Waals surface area (Å²) in [6, 6.07) is 19.3. The lowest BCUT2D eigenvalue weighted by atomic mass is 10.1. The molecule has 0 atom stereocenters. The van der Waals surface area contributed by atoms with Crippen LogP contribution in [0.25, 0.3) is 0 Å². The summed E-state index contributed by atoms with van der Waals surface area (Å²) in [5.41, 5.74) is 4.01. The monoisotopic (exact) mass is 365 g/mol. The van der Waals surface area contributed by atoms with E-state index < -0.39 is 0 Å².